The van der Waals surface area contributed by atoms with Crippen LogP contribution in [0.3, 0.4) is 0 Å². The first-order chi connectivity index (χ1) is 8.74. The van der Waals surface area contributed by atoms with Crippen molar-refractivity contribution in [1.29, 1.82) is 0 Å². The fourth-order valence-electron chi connectivity index (χ4n) is 2.45. The molecule has 1 saturated carbocycles. The van der Waals surface area contributed by atoms with Crippen molar-refractivity contribution in [2.75, 3.05) is 11.9 Å². The summed E-state index contributed by atoms with van der Waals surface area (Å²) in [6.45, 7) is 0.715. The quantitative estimate of drug-likeness (QED) is 0.767. The zero-order valence-corrected chi connectivity index (χ0v) is 10.6. The van der Waals surface area contributed by atoms with Crippen LogP contribution in [0, 0.1) is 5.92 Å². The first-order valence-corrected chi connectivity index (χ1v) is 6.59. The van der Waals surface area contributed by atoms with E-state index < -0.39 is 0 Å². The van der Waals surface area contributed by atoms with Gasteiger partial charge in [0.15, 0.2) is 0 Å². The van der Waals surface area contributed by atoms with Crippen LogP contribution in [0.25, 0.3) is 0 Å². The van der Waals surface area contributed by atoms with Crippen LogP contribution in [0.4, 0.5) is 10.5 Å². The number of carbonyl (C=O) groups is 1. The molecule has 1 aliphatic carbocycles. The molecular formula is C14H21N3O. The lowest BCUT2D eigenvalue weighted by molar-refractivity contribution is 0.245. The Morgan fingerprint density at radius 1 is 1.28 bits per heavy atom. The highest BCUT2D eigenvalue weighted by Gasteiger charge is 2.19. The molecule has 98 valence electrons. The number of hydrogen-bond acceptors (Lipinski definition) is 2. The van der Waals surface area contributed by atoms with Gasteiger partial charge in [0, 0.05) is 18.3 Å². The minimum absolute atomic E-state index is 0.139. The van der Waals surface area contributed by atoms with Crippen molar-refractivity contribution in [3.63, 3.8) is 0 Å². The second kappa shape index (κ2) is 6.40. The molecule has 18 heavy (non-hydrogen) atoms. The maximum Gasteiger partial charge on any atom is 0.319 e. The molecule has 2 rings (SSSR count). The van der Waals surface area contributed by atoms with Gasteiger partial charge < -0.3 is 16.4 Å². The molecule has 2 amide bonds. The average Bonchev–Trinajstić information content (AvgIpc) is 2.38. The molecule has 0 aliphatic heterocycles. The maximum absolute atomic E-state index is 11.7. The number of nitrogens with one attached hydrogen (secondary N) is 2. The highest BCUT2D eigenvalue weighted by Crippen LogP contribution is 2.22. The third-order valence-corrected chi connectivity index (χ3v) is 3.41. The van der Waals surface area contributed by atoms with Gasteiger partial charge in [-0.25, -0.2) is 4.79 Å². The first-order valence-electron chi connectivity index (χ1n) is 6.59. The van der Waals surface area contributed by atoms with Crippen LogP contribution in [-0.4, -0.2) is 18.6 Å². The van der Waals surface area contributed by atoms with E-state index in [-0.39, 0.29) is 6.03 Å². The van der Waals surface area contributed by atoms with Crippen LogP contribution in [-0.2, 0) is 0 Å². The molecule has 4 nitrogen and oxygen atoms in total. The number of urea groups is 1. The Morgan fingerprint density at radius 3 is 2.78 bits per heavy atom. The number of hydrogen-bond donors (Lipinski definition) is 3. The average molecular weight is 247 g/mol. The van der Waals surface area contributed by atoms with Gasteiger partial charge in [0.25, 0.3) is 0 Å². The minimum atomic E-state index is -0.139. The van der Waals surface area contributed by atoms with E-state index in [1.54, 1.807) is 0 Å². The van der Waals surface area contributed by atoms with Gasteiger partial charge in [0.05, 0.1) is 0 Å². The van der Waals surface area contributed by atoms with E-state index in [0.717, 1.165) is 18.5 Å². The highest BCUT2D eigenvalue weighted by atomic mass is 16.2. The second-order valence-electron chi connectivity index (χ2n) is 4.99. The topological polar surface area (TPSA) is 67.1 Å². The SMILES string of the molecule is N[C@@H]1CCC[C@H](CNC(=O)Nc2ccccc2)C1. The number of anilines is 1. The number of nitrogens with two attached hydrogens (primary N) is 1. The fraction of sp³-hybridized carbons (Fsp3) is 0.500. The zero-order valence-electron chi connectivity index (χ0n) is 10.6. The molecular weight excluding hydrogens is 226 g/mol. The van der Waals surface area contributed by atoms with Gasteiger partial charge in [-0.2, -0.15) is 0 Å². The molecule has 4 N–H and O–H groups in total. The van der Waals surface area contributed by atoms with Gasteiger partial charge in [-0.3, -0.25) is 0 Å². The van der Waals surface area contributed by atoms with Crippen molar-refractivity contribution in [2.45, 2.75) is 31.7 Å². The predicted octanol–water partition coefficient (Wildman–Crippen LogP) is 2.33. The molecule has 0 unspecified atom stereocenters. The molecule has 4 heteroatoms. The van der Waals surface area contributed by atoms with Crippen molar-refractivity contribution in [3.05, 3.63) is 30.3 Å². The van der Waals surface area contributed by atoms with Crippen molar-refractivity contribution >= 4 is 11.7 Å². The van der Waals surface area contributed by atoms with E-state index in [1.807, 2.05) is 30.3 Å². The minimum Gasteiger partial charge on any atom is -0.338 e. The van der Waals surface area contributed by atoms with Gasteiger partial charge >= 0.3 is 6.03 Å². The van der Waals surface area contributed by atoms with E-state index in [0.29, 0.717) is 18.5 Å². The Kier molecular flexibility index (Phi) is 4.59. The Labute approximate surface area is 108 Å². The Morgan fingerprint density at radius 2 is 2.06 bits per heavy atom. The van der Waals surface area contributed by atoms with Gasteiger partial charge in [-0.05, 0) is 37.3 Å². The van der Waals surface area contributed by atoms with E-state index in [9.17, 15) is 4.79 Å². The zero-order chi connectivity index (χ0) is 12.8. The second-order valence-corrected chi connectivity index (χ2v) is 4.99. The number of rotatable bonds is 3. The van der Waals surface area contributed by atoms with Gasteiger partial charge in [-0.15, -0.1) is 0 Å². The summed E-state index contributed by atoms with van der Waals surface area (Å²) in [4.78, 5) is 11.7. The van der Waals surface area contributed by atoms with E-state index in [2.05, 4.69) is 10.6 Å². The third kappa shape index (κ3) is 4.04. The van der Waals surface area contributed by atoms with E-state index >= 15 is 0 Å². The smallest absolute Gasteiger partial charge is 0.319 e. The Bertz CT molecular complexity index is 380. The number of amides is 2. The fourth-order valence-corrected chi connectivity index (χ4v) is 2.45. The maximum atomic E-state index is 11.7. The summed E-state index contributed by atoms with van der Waals surface area (Å²) in [5.41, 5.74) is 6.74. The van der Waals surface area contributed by atoms with Gasteiger partial charge in [0.1, 0.15) is 0 Å². The summed E-state index contributed by atoms with van der Waals surface area (Å²) >= 11 is 0. The highest BCUT2D eigenvalue weighted by molar-refractivity contribution is 5.89. The summed E-state index contributed by atoms with van der Waals surface area (Å²) in [5.74, 6) is 0.523. The third-order valence-electron chi connectivity index (χ3n) is 3.41. The summed E-state index contributed by atoms with van der Waals surface area (Å²) in [6.07, 6.45) is 4.48. The molecule has 1 fully saturated rings. The van der Waals surface area contributed by atoms with Crippen molar-refractivity contribution in [3.8, 4) is 0 Å². The lowest BCUT2D eigenvalue weighted by atomic mass is 9.86. The van der Waals surface area contributed by atoms with Crippen molar-refractivity contribution in [2.24, 2.45) is 11.7 Å². The number of para-hydroxylation sites is 1. The van der Waals surface area contributed by atoms with Crippen LogP contribution in [0.2, 0.25) is 0 Å². The van der Waals surface area contributed by atoms with Gasteiger partial charge in [0.2, 0.25) is 0 Å². The van der Waals surface area contributed by atoms with E-state index in [4.69, 9.17) is 5.73 Å². The van der Waals surface area contributed by atoms with Crippen molar-refractivity contribution in [1.82, 2.24) is 5.32 Å². The molecule has 0 aromatic heterocycles. The lowest BCUT2D eigenvalue weighted by Gasteiger charge is -2.26. The van der Waals surface area contributed by atoms with Crippen LogP contribution in [0.15, 0.2) is 30.3 Å². The molecule has 2 atom stereocenters. The lowest BCUT2D eigenvalue weighted by Crippen LogP contribution is -2.37. The molecule has 0 radical (unpaired) electrons. The van der Waals surface area contributed by atoms with Gasteiger partial charge in [-0.1, -0.05) is 24.6 Å². The molecule has 1 aromatic carbocycles. The van der Waals surface area contributed by atoms with Crippen molar-refractivity contribution < 1.29 is 4.79 Å². The molecule has 1 aliphatic rings. The molecule has 0 heterocycles. The van der Waals surface area contributed by atoms with E-state index in [1.165, 1.54) is 12.8 Å². The monoisotopic (exact) mass is 247 g/mol. The summed E-state index contributed by atoms with van der Waals surface area (Å²) in [7, 11) is 0. The van der Waals surface area contributed by atoms with Crippen LogP contribution in [0.1, 0.15) is 25.7 Å². The number of benzene rings is 1. The molecule has 1 aromatic rings. The number of carbonyl (C=O) groups excluding carboxylic acids is 1. The predicted molar refractivity (Wildman–Crippen MR) is 73.4 cm³/mol. The standard InChI is InChI=1S/C14H21N3O/c15-12-6-4-5-11(9-12)10-16-14(18)17-13-7-2-1-3-8-13/h1-3,7-8,11-12H,4-6,9-10,15H2,(H2,16,17,18)/t11-,12+/m0/s1. The largest absolute Gasteiger partial charge is 0.338 e. The first kappa shape index (κ1) is 12.9. The Balaban J connectivity index is 1.71. The molecule has 0 spiro atoms. The molecule has 0 saturated heterocycles. The molecule has 0 bridgehead atoms. The van der Waals surface area contributed by atoms with Crippen LogP contribution >= 0.6 is 0 Å². The Hall–Kier alpha value is -1.55. The summed E-state index contributed by atoms with van der Waals surface area (Å²) in [6, 6.07) is 9.63. The van der Waals surface area contributed by atoms with Crippen LogP contribution in [0.5, 0.6) is 0 Å². The summed E-state index contributed by atoms with van der Waals surface area (Å²) in [5, 5.41) is 5.73. The summed E-state index contributed by atoms with van der Waals surface area (Å²) < 4.78 is 0. The normalized spacial score (nSPS) is 23.4. The van der Waals surface area contributed by atoms with Crippen LogP contribution < -0.4 is 16.4 Å².